The molecule has 1 atom stereocenters. The maximum Gasteiger partial charge on any atom is 0.258 e. The Hall–Kier alpha value is -1.46. The molecular weight excluding hydrogens is 328 g/mol. The van der Waals surface area contributed by atoms with Crippen molar-refractivity contribution in [3.05, 3.63) is 22.2 Å². The van der Waals surface area contributed by atoms with Crippen molar-refractivity contribution in [3.63, 3.8) is 0 Å². The first-order valence-electron chi connectivity index (χ1n) is 8.60. The largest absolute Gasteiger partial charge is 0.507 e. The lowest BCUT2D eigenvalue weighted by molar-refractivity contribution is 0.0941. The first-order chi connectivity index (χ1) is 11.5. The molecule has 0 spiro atoms. The number of phenols is 1. The number of rotatable bonds is 7. The third-order valence-electron chi connectivity index (χ3n) is 4.56. The predicted octanol–water partition coefficient (Wildman–Crippen LogP) is 3.08. The molecule has 1 aromatic rings. The maximum absolute atomic E-state index is 12.6. The molecular formula is C18H27ClN2O3. The van der Waals surface area contributed by atoms with E-state index in [2.05, 4.69) is 17.1 Å². The summed E-state index contributed by atoms with van der Waals surface area (Å²) in [7, 11) is 1.45. The molecule has 1 amide bonds. The Morgan fingerprint density at radius 3 is 2.88 bits per heavy atom. The van der Waals surface area contributed by atoms with Gasteiger partial charge in [-0.2, -0.15) is 0 Å². The molecule has 0 saturated carbocycles. The van der Waals surface area contributed by atoms with Crippen LogP contribution in [0.1, 0.15) is 42.6 Å². The minimum Gasteiger partial charge on any atom is -0.507 e. The van der Waals surface area contributed by atoms with Crippen molar-refractivity contribution in [1.29, 1.82) is 0 Å². The Morgan fingerprint density at radius 1 is 1.50 bits per heavy atom. The highest BCUT2D eigenvalue weighted by atomic mass is 35.5. The van der Waals surface area contributed by atoms with Crippen molar-refractivity contribution >= 4 is 17.5 Å². The number of ether oxygens (including phenoxy) is 1. The van der Waals surface area contributed by atoms with Crippen molar-refractivity contribution in [1.82, 2.24) is 10.2 Å². The number of nitrogens with one attached hydrogen (secondary N) is 1. The Labute approximate surface area is 148 Å². The van der Waals surface area contributed by atoms with Gasteiger partial charge in [-0.15, -0.1) is 0 Å². The summed E-state index contributed by atoms with van der Waals surface area (Å²) in [5.74, 6) is 0.284. The standard InChI is InChI=1S/C18H27ClN2O3/c1-4-7-21-8-6-12(11-21)10-20-18(23)15-16(22)13(5-2)9-14(19)17(15)24-3/h9,12,22H,4-8,10-11H2,1-3H3,(H,20,23). The second kappa shape index (κ2) is 8.58. The minimum absolute atomic E-state index is 0.0460. The van der Waals surface area contributed by atoms with E-state index < -0.39 is 0 Å². The quantitative estimate of drug-likeness (QED) is 0.790. The molecule has 2 N–H and O–H groups in total. The normalized spacial score (nSPS) is 17.9. The highest BCUT2D eigenvalue weighted by molar-refractivity contribution is 6.33. The van der Waals surface area contributed by atoms with E-state index in [1.165, 1.54) is 7.11 Å². The van der Waals surface area contributed by atoms with Gasteiger partial charge in [0, 0.05) is 13.1 Å². The van der Waals surface area contributed by atoms with E-state index in [0.29, 0.717) is 29.5 Å². The molecule has 1 unspecified atom stereocenters. The Morgan fingerprint density at radius 2 is 2.25 bits per heavy atom. The highest BCUT2D eigenvalue weighted by Crippen LogP contribution is 2.38. The number of benzene rings is 1. The number of methoxy groups -OCH3 is 1. The number of likely N-dealkylation sites (tertiary alicyclic amines) is 1. The Balaban J connectivity index is 2.08. The highest BCUT2D eigenvalue weighted by Gasteiger charge is 2.26. The number of hydrogen-bond acceptors (Lipinski definition) is 4. The van der Waals surface area contributed by atoms with E-state index in [0.717, 1.165) is 32.5 Å². The molecule has 1 aromatic carbocycles. The van der Waals surface area contributed by atoms with E-state index in [-0.39, 0.29) is 23.0 Å². The van der Waals surface area contributed by atoms with Crippen LogP contribution >= 0.6 is 11.6 Å². The molecule has 0 aromatic heterocycles. The summed E-state index contributed by atoms with van der Waals surface area (Å²) in [6.07, 6.45) is 2.82. The van der Waals surface area contributed by atoms with Gasteiger partial charge in [0.1, 0.15) is 11.3 Å². The maximum atomic E-state index is 12.6. The summed E-state index contributed by atoms with van der Waals surface area (Å²) in [6, 6.07) is 1.64. The summed E-state index contributed by atoms with van der Waals surface area (Å²) in [5.41, 5.74) is 0.770. The molecule has 1 fully saturated rings. The second-order valence-electron chi connectivity index (χ2n) is 6.29. The van der Waals surface area contributed by atoms with E-state index in [1.54, 1.807) is 6.07 Å². The first kappa shape index (κ1) is 18.9. The summed E-state index contributed by atoms with van der Waals surface area (Å²) in [4.78, 5) is 15.0. The van der Waals surface area contributed by atoms with E-state index >= 15 is 0 Å². The third-order valence-corrected chi connectivity index (χ3v) is 4.84. The fourth-order valence-electron chi connectivity index (χ4n) is 3.28. The molecule has 1 saturated heterocycles. The van der Waals surface area contributed by atoms with Gasteiger partial charge in [0.05, 0.1) is 12.1 Å². The van der Waals surface area contributed by atoms with E-state index in [1.807, 2.05) is 6.92 Å². The van der Waals surface area contributed by atoms with Crippen molar-refractivity contribution in [3.8, 4) is 11.5 Å². The Bertz CT molecular complexity index is 592. The molecule has 0 radical (unpaired) electrons. The topological polar surface area (TPSA) is 61.8 Å². The SMILES string of the molecule is CCCN1CCC(CNC(=O)c2c(O)c(CC)cc(Cl)c2OC)C1. The zero-order valence-electron chi connectivity index (χ0n) is 14.7. The lowest BCUT2D eigenvalue weighted by Crippen LogP contribution is -2.31. The van der Waals surface area contributed by atoms with Gasteiger partial charge in [0.15, 0.2) is 5.75 Å². The van der Waals surface area contributed by atoms with Gasteiger partial charge in [0.2, 0.25) is 0 Å². The number of carbonyl (C=O) groups is 1. The van der Waals surface area contributed by atoms with Crippen molar-refractivity contribution in [2.45, 2.75) is 33.1 Å². The van der Waals surface area contributed by atoms with Gasteiger partial charge in [0.25, 0.3) is 5.91 Å². The lowest BCUT2D eigenvalue weighted by atomic mass is 10.0. The smallest absolute Gasteiger partial charge is 0.258 e. The molecule has 0 bridgehead atoms. The average Bonchev–Trinajstić information content (AvgIpc) is 3.01. The minimum atomic E-state index is -0.338. The van der Waals surface area contributed by atoms with Gasteiger partial charge in [-0.05, 0) is 49.9 Å². The van der Waals surface area contributed by atoms with Crippen LogP contribution in [0.15, 0.2) is 6.07 Å². The van der Waals surface area contributed by atoms with Crippen LogP contribution in [0, 0.1) is 5.92 Å². The van der Waals surface area contributed by atoms with Gasteiger partial charge in [-0.3, -0.25) is 4.79 Å². The summed E-state index contributed by atoms with van der Waals surface area (Å²) in [5, 5.41) is 13.7. The van der Waals surface area contributed by atoms with Crippen molar-refractivity contribution in [2.24, 2.45) is 5.92 Å². The monoisotopic (exact) mass is 354 g/mol. The second-order valence-corrected chi connectivity index (χ2v) is 6.70. The molecule has 1 aliphatic rings. The number of nitrogens with zero attached hydrogens (tertiary/aromatic N) is 1. The molecule has 6 heteroatoms. The third kappa shape index (κ3) is 4.14. The fraction of sp³-hybridized carbons (Fsp3) is 0.611. The number of phenolic OH excluding ortho intramolecular Hbond substituents is 1. The van der Waals surface area contributed by atoms with Crippen molar-refractivity contribution < 1.29 is 14.6 Å². The molecule has 2 rings (SSSR count). The van der Waals surface area contributed by atoms with Crippen LogP contribution in [0.25, 0.3) is 0 Å². The van der Waals surface area contributed by atoms with Crippen LogP contribution in [0.5, 0.6) is 11.5 Å². The fourth-order valence-corrected chi connectivity index (χ4v) is 3.58. The van der Waals surface area contributed by atoms with Crippen LogP contribution in [0.2, 0.25) is 5.02 Å². The van der Waals surface area contributed by atoms with Crippen LogP contribution in [0.4, 0.5) is 0 Å². The average molecular weight is 355 g/mol. The van der Waals surface area contributed by atoms with E-state index in [4.69, 9.17) is 16.3 Å². The van der Waals surface area contributed by atoms with Gasteiger partial charge in [-0.1, -0.05) is 25.4 Å². The Kier molecular flexibility index (Phi) is 6.75. The number of carbonyl (C=O) groups excluding carboxylic acids is 1. The predicted molar refractivity (Wildman–Crippen MR) is 96.2 cm³/mol. The summed E-state index contributed by atoms with van der Waals surface area (Å²) < 4.78 is 5.24. The van der Waals surface area contributed by atoms with Crippen molar-refractivity contribution in [2.75, 3.05) is 33.3 Å². The zero-order chi connectivity index (χ0) is 17.7. The van der Waals surface area contributed by atoms with Gasteiger partial charge >= 0.3 is 0 Å². The molecule has 134 valence electrons. The van der Waals surface area contributed by atoms with E-state index in [9.17, 15) is 9.90 Å². The van der Waals surface area contributed by atoms with Crippen LogP contribution < -0.4 is 10.1 Å². The molecule has 1 aliphatic heterocycles. The molecule has 5 nitrogen and oxygen atoms in total. The summed E-state index contributed by atoms with van der Waals surface area (Å²) >= 11 is 6.19. The number of amides is 1. The number of hydrogen-bond donors (Lipinski definition) is 2. The van der Waals surface area contributed by atoms with Crippen LogP contribution in [0.3, 0.4) is 0 Å². The van der Waals surface area contributed by atoms with Gasteiger partial charge in [-0.25, -0.2) is 0 Å². The number of aromatic hydroxyl groups is 1. The number of aryl methyl sites for hydroxylation is 1. The lowest BCUT2D eigenvalue weighted by Gasteiger charge is -2.17. The molecule has 24 heavy (non-hydrogen) atoms. The molecule has 1 heterocycles. The first-order valence-corrected chi connectivity index (χ1v) is 8.98. The molecule has 0 aliphatic carbocycles. The number of halogens is 1. The van der Waals surface area contributed by atoms with Gasteiger partial charge < -0.3 is 20.1 Å². The van der Waals surface area contributed by atoms with Crippen LogP contribution in [-0.2, 0) is 6.42 Å². The summed E-state index contributed by atoms with van der Waals surface area (Å²) in [6.45, 7) is 7.87. The zero-order valence-corrected chi connectivity index (χ0v) is 15.4. The van der Waals surface area contributed by atoms with Crippen LogP contribution in [-0.4, -0.2) is 49.2 Å².